The topological polar surface area (TPSA) is 46.9 Å². The summed E-state index contributed by atoms with van der Waals surface area (Å²) in [6.07, 6.45) is 0. The smallest absolute Gasteiger partial charge is 0.224 e. The average molecular weight is 276 g/mol. The van der Waals surface area contributed by atoms with E-state index in [1.54, 1.807) is 4.68 Å². The van der Waals surface area contributed by atoms with Crippen LogP contribution in [-0.4, -0.2) is 28.0 Å². The second-order valence-electron chi connectivity index (χ2n) is 4.08. The fraction of sp³-hybridized carbons (Fsp3) is 0.636. The zero-order valence-electron chi connectivity index (χ0n) is 10.3. The zero-order chi connectivity index (χ0) is 13.0. The van der Waals surface area contributed by atoms with E-state index in [0.717, 1.165) is 11.4 Å². The van der Waals surface area contributed by atoms with Crippen LogP contribution in [0.25, 0.3) is 0 Å². The van der Waals surface area contributed by atoms with Gasteiger partial charge in [-0.2, -0.15) is 17.7 Å². The molecule has 0 aliphatic heterocycles. The maximum Gasteiger partial charge on any atom is 0.224 e. The summed E-state index contributed by atoms with van der Waals surface area (Å²) in [4.78, 5) is 11.7. The van der Waals surface area contributed by atoms with Crippen molar-refractivity contribution in [2.75, 3.05) is 12.3 Å². The van der Waals surface area contributed by atoms with Gasteiger partial charge in [0.15, 0.2) is 0 Å². The van der Waals surface area contributed by atoms with E-state index >= 15 is 0 Å². The van der Waals surface area contributed by atoms with E-state index in [2.05, 4.69) is 23.0 Å². The van der Waals surface area contributed by atoms with Crippen LogP contribution in [0, 0.1) is 19.8 Å². The number of halogens is 1. The molecule has 0 aromatic carbocycles. The van der Waals surface area contributed by atoms with E-state index < -0.39 is 0 Å². The molecule has 1 heterocycles. The monoisotopic (exact) mass is 275 g/mol. The average Bonchev–Trinajstić information content (AvgIpc) is 2.54. The lowest BCUT2D eigenvalue weighted by Crippen LogP contribution is -2.33. The van der Waals surface area contributed by atoms with Crippen molar-refractivity contribution in [2.45, 2.75) is 27.3 Å². The Hall–Kier alpha value is -0.680. The Morgan fingerprint density at radius 2 is 2.24 bits per heavy atom. The minimum atomic E-state index is -0.135. The molecule has 1 aromatic rings. The van der Waals surface area contributed by atoms with Gasteiger partial charge in [0.05, 0.1) is 28.9 Å². The van der Waals surface area contributed by atoms with E-state index in [1.165, 1.54) is 0 Å². The number of amides is 1. The molecule has 0 bridgehead atoms. The first-order valence-corrected chi connectivity index (χ1v) is 6.56. The van der Waals surface area contributed by atoms with E-state index in [-0.39, 0.29) is 11.8 Å². The van der Waals surface area contributed by atoms with Crippen LogP contribution in [0.3, 0.4) is 0 Å². The van der Waals surface area contributed by atoms with Crippen LogP contribution < -0.4 is 5.32 Å². The van der Waals surface area contributed by atoms with Gasteiger partial charge in [-0.05, 0) is 13.8 Å². The second kappa shape index (κ2) is 6.31. The number of thiol groups is 1. The standard InChI is InChI=1S/C11H18ClN3OS/c1-7(11(16)13-4-5-17)6-15-9(3)10(12)8(2)14-15/h7,17H,4-6H2,1-3H3,(H,13,16). The Labute approximate surface area is 112 Å². The number of hydrogen-bond acceptors (Lipinski definition) is 3. The minimum absolute atomic E-state index is 0.0164. The van der Waals surface area contributed by atoms with Crippen LogP contribution in [0.4, 0.5) is 0 Å². The third-order valence-corrected chi connectivity index (χ3v) is 3.37. The van der Waals surface area contributed by atoms with Crippen LogP contribution in [0.2, 0.25) is 5.02 Å². The van der Waals surface area contributed by atoms with Gasteiger partial charge in [-0.25, -0.2) is 0 Å². The maximum absolute atomic E-state index is 11.7. The van der Waals surface area contributed by atoms with E-state index in [4.69, 9.17) is 11.6 Å². The summed E-state index contributed by atoms with van der Waals surface area (Å²) < 4.78 is 1.78. The number of rotatable bonds is 5. The molecule has 0 saturated carbocycles. The van der Waals surface area contributed by atoms with Crippen LogP contribution in [0.5, 0.6) is 0 Å². The predicted molar refractivity (Wildman–Crippen MR) is 72.7 cm³/mol. The van der Waals surface area contributed by atoms with Gasteiger partial charge in [0, 0.05) is 12.3 Å². The first-order chi connectivity index (χ1) is 7.97. The molecular weight excluding hydrogens is 258 g/mol. The highest BCUT2D eigenvalue weighted by atomic mass is 35.5. The molecule has 1 rings (SSSR count). The number of nitrogens with one attached hydrogen (secondary N) is 1. The molecule has 0 aliphatic rings. The third-order valence-electron chi connectivity index (χ3n) is 2.60. The molecular formula is C11H18ClN3OS. The van der Waals surface area contributed by atoms with Crippen molar-refractivity contribution in [3.63, 3.8) is 0 Å². The second-order valence-corrected chi connectivity index (χ2v) is 4.91. The Morgan fingerprint density at radius 1 is 1.59 bits per heavy atom. The van der Waals surface area contributed by atoms with Gasteiger partial charge in [-0.1, -0.05) is 18.5 Å². The van der Waals surface area contributed by atoms with Gasteiger partial charge >= 0.3 is 0 Å². The molecule has 1 N–H and O–H groups in total. The summed E-state index contributed by atoms with van der Waals surface area (Å²) in [5, 5.41) is 7.78. The molecule has 17 heavy (non-hydrogen) atoms. The molecule has 0 saturated heterocycles. The normalized spacial score (nSPS) is 12.5. The van der Waals surface area contributed by atoms with Crippen LogP contribution in [-0.2, 0) is 11.3 Å². The lowest BCUT2D eigenvalue weighted by molar-refractivity contribution is -0.124. The Kier molecular flexibility index (Phi) is 5.33. The molecule has 6 heteroatoms. The van der Waals surface area contributed by atoms with Crippen molar-refractivity contribution in [2.24, 2.45) is 5.92 Å². The van der Waals surface area contributed by atoms with Crippen molar-refractivity contribution < 1.29 is 4.79 Å². The molecule has 1 atom stereocenters. The highest BCUT2D eigenvalue weighted by Gasteiger charge is 2.16. The lowest BCUT2D eigenvalue weighted by atomic mass is 10.1. The molecule has 1 aromatic heterocycles. The summed E-state index contributed by atoms with van der Waals surface area (Å²) in [5.74, 6) is 0.524. The summed E-state index contributed by atoms with van der Waals surface area (Å²) in [5.41, 5.74) is 1.70. The number of aryl methyl sites for hydroxylation is 1. The predicted octanol–water partition coefficient (Wildman–Crippen LogP) is 1.84. The number of carbonyl (C=O) groups excluding carboxylic acids is 1. The third kappa shape index (κ3) is 3.64. The summed E-state index contributed by atoms with van der Waals surface area (Å²) >= 11 is 10.1. The number of hydrogen-bond donors (Lipinski definition) is 2. The zero-order valence-corrected chi connectivity index (χ0v) is 12.0. The summed E-state index contributed by atoms with van der Waals surface area (Å²) in [7, 11) is 0. The molecule has 0 aliphatic carbocycles. The largest absolute Gasteiger partial charge is 0.355 e. The van der Waals surface area contributed by atoms with Gasteiger partial charge in [0.2, 0.25) is 5.91 Å². The number of nitrogens with zero attached hydrogens (tertiary/aromatic N) is 2. The molecule has 4 nitrogen and oxygen atoms in total. The molecule has 96 valence electrons. The van der Waals surface area contributed by atoms with Gasteiger partial charge in [0.25, 0.3) is 0 Å². The first-order valence-electron chi connectivity index (χ1n) is 5.55. The summed E-state index contributed by atoms with van der Waals surface area (Å²) in [6.45, 7) is 6.76. The lowest BCUT2D eigenvalue weighted by Gasteiger charge is -2.12. The van der Waals surface area contributed by atoms with Crippen molar-refractivity contribution in [3.8, 4) is 0 Å². The Morgan fingerprint density at radius 3 is 2.71 bits per heavy atom. The van der Waals surface area contributed by atoms with Crippen LogP contribution in [0.1, 0.15) is 18.3 Å². The highest BCUT2D eigenvalue weighted by Crippen LogP contribution is 2.19. The molecule has 1 unspecified atom stereocenters. The molecule has 1 amide bonds. The molecule has 0 radical (unpaired) electrons. The van der Waals surface area contributed by atoms with Crippen molar-refractivity contribution in [1.29, 1.82) is 0 Å². The Balaban J connectivity index is 2.64. The summed E-state index contributed by atoms with van der Waals surface area (Å²) in [6, 6.07) is 0. The van der Waals surface area contributed by atoms with Gasteiger partial charge in [-0.15, -0.1) is 0 Å². The van der Waals surface area contributed by atoms with Gasteiger partial charge < -0.3 is 5.32 Å². The fourth-order valence-corrected chi connectivity index (χ4v) is 1.80. The number of aromatic nitrogens is 2. The van der Waals surface area contributed by atoms with Gasteiger partial charge in [0.1, 0.15) is 0 Å². The number of carbonyl (C=O) groups is 1. The van der Waals surface area contributed by atoms with Crippen LogP contribution >= 0.6 is 24.2 Å². The van der Waals surface area contributed by atoms with E-state index in [1.807, 2.05) is 20.8 Å². The van der Waals surface area contributed by atoms with Crippen molar-refractivity contribution in [1.82, 2.24) is 15.1 Å². The fourth-order valence-electron chi connectivity index (χ4n) is 1.55. The van der Waals surface area contributed by atoms with E-state index in [9.17, 15) is 4.79 Å². The van der Waals surface area contributed by atoms with Crippen molar-refractivity contribution >= 4 is 30.1 Å². The van der Waals surface area contributed by atoms with E-state index in [0.29, 0.717) is 23.9 Å². The molecule has 0 spiro atoms. The highest BCUT2D eigenvalue weighted by molar-refractivity contribution is 7.80. The van der Waals surface area contributed by atoms with Gasteiger partial charge in [-0.3, -0.25) is 9.48 Å². The maximum atomic E-state index is 11.7. The quantitative estimate of drug-likeness (QED) is 0.806. The first kappa shape index (κ1) is 14.4. The SMILES string of the molecule is Cc1nn(CC(C)C(=O)NCCS)c(C)c1Cl. The van der Waals surface area contributed by atoms with Crippen molar-refractivity contribution in [3.05, 3.63) is 16.4 Å². The minimum Gasteiger partial charge on any atom is -0.355 e. The Bertz CT molecular complexity index is 406. The molecule has 0 fully saturated rings. The van der Waals surface area contributed by atoms with Crippen LogP contribution in [0.15, 0.2) is 0 Å².